The van der Waals surface area contributed by atoms with Crippen LogP contribution >= 0.6 is 0 Å². The van der Waals surface area contributed by atoms with Crippen molar-refractivity contribution in [1.29, 1.82) is 0 Å². The Bertz CT molecular complexity index is 310. The lowest BCUT2D eigenvalue weighted by atomic mass is 10.1. The third-order valence-corrected chi connectivity index (χ3v) is 5.53. The fourth-order valence-corrected chi connectivity index (χ4v) is 4.22. The number of aliphatic hydroxyl groups excluding tert-OH is 1. The summed E-state index contributed by atoms with van der Waals surface area (Å²) in [5.41, 5.74) is 0. The van der Waals surface area contributed by atoms with E-state index in [1.54, 1.807) is 0 Å². The molecule has 7 atom stereocenters. The van der Waals surface area contributed by atoms with Gasteiger partial charge in [0.15, 0.2) is 0 Å². The average Bonchev–Trinajstić information content (AvgIpc) is 2.90. The molecule has 2 nitrogen and oxygen atoms in total. The van der Waals surface area contributed by atoms with E-state index < -0.39 is 0 Å². The average molecular weight is 222 g/mol. The molecule has 0 aromatic heterocycles. The highest BCUT2D eigenvalue weighted by Crippen LogP contribution is 2.57. The van der Waals surface area contributed by atoms with E-state index in [1.165, 1.54) is 12.8 Å². The largest absolute Gasteiger partial charge is 0.393 e. The summed E-state index contributed by atoms with van der Waals surface area (Å²) in [7, 11) is 0. The van der Waals surface area contributed by atoms with Gasteiger partial charge in [-0.1, -0.05) is 13.8 Å². The Morgan fingerprint density at radius 1 is 1.06 bits per heavy atom. The van der Waals surface area contributed by atoms with Crippen molar-refractivity contribution < 1.29 is 9.90 Å². The second-order valence-electron chi connectivity index (χ2n) is 6.30. The minimum atomic E-state index is 0.0648. The fourth-order valence-electron chi connectivity index (χ4n) is 4.22. The highest BCUT2D eigenvalue weighted by Gasteiger charge is 2.55. The molecule has 2 unspecified atom stereocenters. The summed E-state index contributed by atoms with van der Waals surface area (Å²) in [5.74, 6) is 5.05. The number of carbonyl (C=O) groups excluding carboxylic acids is 1. The summed E-state index contributed by atoms with van der Waals surface area (Å²) < 4.78 is 0. The summed E-state index contributed by atoms with van der Waals surface area (Å²) in [4.78, 5) is 10.8. The summed E-state index contributed by atoms with van der Waals surface area (Å²) in [6.45, 7) is 4.43. The van der Waals surface area contributed by atoms with Gasteiger partial charge >= 0.3 is 0 Å². The Morgan fingerprint density at radius 3 is 2.06 bits per heavy atom. The third kappa shape index (κ3) is 1.54. The molecule has 4 aliphatic rings. The van der Waals surface area contributed by atoms with Crippen LogP contribution in [0.15, 0.2) is 0 Å². The third-order valence-electron chi connectivity index (χ3n) is 5.53. The molecule has 90 valence electrons. The first kappa shape index (κ1) is 10.8. The van der Waals surface area contributed by atoms with E-state index in [2.05, 4.69) is 13.8 Å². The van der Waals surface area contributed by atoms with Crippen molar-refractivity contribution in [2.75, 3.05) is 0 Å². The molecule has 16 heavy (non-hydrogen) atoms. The molecular weight excluding hydrogens is 200 g/mol. The monoisotopic (exact) mass is 222 g/mol. The van der Waals surface area contributed by atoms with Gasteiger partial charge in [-0.05, 0) is 48.9 Å². The number of fused-ring (bicyclic) bond motifs is 2. The molecule has 0 bridgehead atoms. The van der Waals surface area contributed by atoms with Crippen LogP contribution in [0, 0.1) is 35.5 Å². The number of rotatable bonds is 0. The first-order valence-corrected chi connectivity index (χ1v) is 6.82. The van der Waals surface area contributed by atoms with Crippen molar-refractivity contribution in [3.63, 3.8) is 0 Å². The molecule has 0 spiro atoms. The van der Waals surface area contributed by atoms with E-state index >= 15 is 0 Å². The van der Waals surface area contributed by atoms with Crippen molar-refractivity contribution in [3.8, 4) is 0 Å². The predicted molar refractivity (Wildman–Crippen MR) is 61.8 cm³/mol. The number of Topliss-reactive ketones (excluding diaryl/α,β-unsaturated/α-hetero) is 1. The molecule has 1 N–H and O–H groups in total. The molecule has 0 aromatic rings. The molecular formula is C14H22O2. The van der Waals surface area contributed by atoms with Crippen LogP contribution < -0.4 is 0 Å². The number of carbonyl (C=O) groups is 1. The minimum absolute atomic E-state index is 0.0648. The Kier molecular flexibility index (Phi) is 2.39. The van der Waals surface area contributed by atoms with Crippen molar-refractivity contribution in [3.05, 3.63) is 0 Å². The molecule has 4 saturated carbocycles. The van der Waals surface area contributed by atoms with Gasteiger partial charge in [0.2, 0.25) is 0 Å². The lowest BCUT2D eigenvalue weighted by molar-refractivity contribution is -0.119. The van der Waals surface area contributed by atoms with Crippen LogP contribution in [0.3, 0.4) is 0 Å². The van der Waals surface area contributed by atoms with Gasteiger partial charge in [-0.3, -0.25) is 4.79 Å². The van der Waals surface area contributed by atoms with Gasteiger partial charge in [0.25, 0.3) is 0 Å². The molecule has 0 saturated heterocycles. The van der Waals surface area contributed by atoms with Crippen LogP contribution in [0.4, 0.5) is 0 Å². The molecule has 4 aliphatic carbocycles. The van der Waals surface area contributed by atoms with Crippen LogP contribution in [0.1, 0.15) is 39.5 Å². The first-order valence-electron chi connectivity index (χ1n) is 6.82. The maximum absolute atomic E-state index is 10.8. The van der Waals surface area contributed by atoms with Crippen molar-refractivity contribution in [2.45, 2.75) is 45.6 Å². The highest BCUT2D eigenvalue weighted by molar-refractivity contribution is 5.86. The molecule has 4 fully saturated rings. The van der Waals surface area contributed by atoms with Gasteiger partial charge in [-0.25, -0.2) is 0 Å². The van der Waals surface area contributed by atoms with E-state index in [0.29, 0.717) is 17.6 Å². The van der Waals surface area contributed by atoms with Crippen LogP contribution in [0.2, 0.25) is 0 Å². The van der Waals surface area contributed by atoms with Crippen molar-refractivity contribution in [2.24, 2.45) is 35.5 Å². The normalized spacial score (nSPS) is 56.2. The molecule has 0 amide bonds. The molecule has 2 heteroatoms. The topological polar surface area (TPSA) is 37.3 Å². The molecule has 0 aromatic carbocycles. The van der Waals surface area contributed by atoms with Gasteiger partial charge in [-0.15, -0.1) is 0 Å². The molecule has 0 heterocycles. The zero-order valence-electron chi connectivity index (χ0n) is 10.2. The Morgan fingerprint density at radius 2 is 1.81 bits per heavy atom. The molecule has 4 rings (SSSR count). The smallest absolute Gasteiger partial charge is 0.136 e. The predicted octanol–water partition coefficient (Wildman–Crippen LogP) is 2.25. The number of hydrogen-bond donors (Lipinski definition) is 1. The summed E-state index contributed by atoms with van der Waals surface area (Å²) in [5, 5.41) is 9.21. The van der Waals surface area contributed by atoms with Crippen LogP contribution in [0.25, 0.3) is 0 Å². The van der Waals surface area contributed by atoms with Crippen molar-refractivity contribution in [1.82, 2.24) is 0 Å². The zero-order chi connectivity index (χ0) is 11.4. The second kappa shape index (κ2) is 3.56. The summed E-state index contributed by atoms with van der Waals surface area (Å²) >= 11 is 0. The lowest BCUT2D eigenvalue weighted by Crippen LogP contribution is -2.05. The Labute approximate surface area is 97.4 Å². The van der Waals surface area contributed by atoms with E-state index in [1.807, 2.05) is 0 Å². The summed E-state index contributed by atoms with van der Waals surface area (Å²) in [6, 6.07) is 0. The SMILES string of the molecule is CC1[C@H]2C(=O)CC[C@@H]12.CC1[C@H]2[C@H](O)CC[C@@H]12. The Hall–Kier alpha value is -0.370. The van der Waals surface area contributed by atoms with Crippen LogP contribution in [0.5, 0.6) is 0 Å². The number of hydrogen-bond acceptors (Lipinski definition) is 2. The fraction of sp³-hybridized carbons (Fsp3) is 0.929. The van der Waals surface area contributed by atoms with Gasteiger partial charge in [0.1, 0.15) is 5.78 Å². The summed E-state index contributed by atoms with van der Waals surface area (Å²) in [6.07, 6.45) is 4.48. The number of aliphatic hydroxyl groups is 1. The van der Waals surface area contributed by atoms with Gasteiger partial charge < -0.3 is 5.11 Å². The van der Waals surface area contributed by atoms with Crippen molar-refractivity contribution >= 4 is 5.78 Å². The maximum Gasteiger partial charge on any atom is 0.136 e. The maximum atomic E-state index is 10.8. The first-order chi connectivity index (χ1) is 7.61. The van der Waals surface area contributed by atoms with Crippen LogP contribution in [-0.2, 0) is 4.79 Å². The van der Waals surface area contributed by atoms with Gasteiger partial charge in [-0.2, -0.15) is 0 Å². The second-order valence-corrected chi connectivity index (χ2v) is 6.30. The van der Waals surface area contributed by atoms with E-state index in [4.69, 9.17) is 0 Å². The van der Waals surface area contributed by atoms with Crippen LogP contribution in [-0.4, -0.2) is 17.0 Å². The van der Waals surface area contributed by atoms with Gasteiger partial charge in [0, 0.05) is 12.3 Å². The highest BCUT2D eigenvalue weighted by atomic mass is 16.3. The quantitative estimate of drug-likeness (QED) is 0.682. The van der Waals surface area contributed by atoms with E-state index in [9.17, 15) is 9.90 Å². The molecule has 0 radical (unpaired) electrons. The lowest BCUT2D eigenvalue weighted by Gasteiger charge is -2.01. The Balaban J connectivity index is 0.000000101. The minimum Gasteiger partial charge on any atom is -0.393 e. The van der Waals surface area contributed by atoms with Gasteiger partial charge in [0.05, 0.1) is 6.10 Å². The number of ketones is 1. The van der Waals surface area contributed by atoms with E-state index in [-0.39, 0.29) is 6.10 Å². The standard InChI is InChI=1S/C7H12O.C7H10O/c2*1-4-5-2-3-6(8)7(4)5/h4-8H,2-3H2,1H3;4-5,7H,2-3H2,1H3/t4?,5-,6+,7+;4?,5-,7+/m00/s1. The van der Waals surface area contributed by atoms with E-state index in [0.717, 1.165) is 36.5 Å². The zero-order valence-corrected chi connectivity index (χ0v) is 10.2. The molecule has 0 aliphatic heterocycles.